The van der Waals surface area contributed by atoms with Gasteiger partial charge in [-0.2, -0.15) is 0 Å². The van der Waals surface area contributed by atoms with Crippen LogP contribution in [0.15, 0.2) is 53.6 Å². The Balaban J connectivity index is 1.24. The van der Waals surface area contributed by atoms with E-state index < -0.39 is 6.10 Å². The number of rotatable bonds is 7. The molecule has 1 aliphatic heterocycles. The van der Waals surface area contributed by atoms with E-state index in [0.717, 1.165) is 31.4 Å². The first-order valence-corrected chi connectivity index (χ1v) is 11.9. The molecule has 2 aliphatic rings. The quantitative estimate of drug-likeness (QED) is 0.508. The minimum absolute atomic E-state index is 0.0685. The fourth-order valence-electron chi connectivity index (χ4n) is 4.39. The van der Waals surface area contributed by atoms with Gasteiger partial charge in [-0.15, -0.1) is 11.3 Å². The Hall–Kier alpha value is -2.55. The predicted molar refractivity (Wildman–Crippen MR) is 124 cm³/mol. The molecular weight excluding hydrogens is 427 g/mol. The van der Waals surface area contributed by atoms with Gasteiger partial charge in [-0.05, 0) is 62.3 Å². The Morgan fingerprint density at radius 3 is 2.97 bits per heavy atom. The van der Waals surface area contributed by atoms with Crippen molar-refractivity contribution in [2.24, 2.45) is 5.92 Å². The maximum absolute atomic E-state index is 13.5. The van der Waals surface area contributed by atoms with Crippen molar-refractivity contribution in [2.45, 2.75) is 56.7 Å². The van der Waals surface area contributed by atoms with E-state index in [1.807, 2.05) is 18.4 Å². The standard InChI is InChI=1S/C24H29FN4O2S/c1-14(21-13-32-24(26)29-21)23(31)28-18-7-5-15(6-8-18)11-19-9-10-20(27-19)22(30)16-3-2-4-17(25)12-16/h2-5,7-8,12-15,19-20,22,27,30H,6,9-11H2,1H3,(H2,26,29)(H,28,31)/t14?,15?,19?,20-,22-/m1/s1. The highest BCUT2D eigenvalue weighted by atomic mass is 32.1. The number of nitrogens with one attached hydrogen (secondary N) is 2. The molecule has 5 N–H and O–H groups in total. The number of nitrogens with two attached hydrogens (primary N) is 1. The lowest BCUT2D eigenvalue weighted by molar-refractivity contribution is -0.121. The Bertz CT molecular complexity index is 1020. The van der Waals surface area contributed by atoms with Crippen molar-refractivity contribution in [3.05, 3.63) is 70.6 Å². The van der Waals surface area contributed by atoms with E-state index in [2.05, 4.69) is 27.8 Å². The first-order valence-electron chi connectivity index (χ1n) is 11.0. The number of hydrogen-bond donors (Lipinski definition) is 4. The van der Waals surface area contributed by atoms with Crippen LogP contribution >= 0.6 is 11.3 Å². The van der Waals surface area contributed by atoms with Gasteiger partial charge in [0.1, 0.15) is 5.82 Å². The summed E-state index contributed by atoms with van der Waals surface area (Å²) in [5.41, 5.74) is 7.76. The molecular formula is C24H29FN4O2S. The summed E-state index contributed by atoms with van der Waals surface area (Å²) >= 11 is 1.33. The third-order valence-electron chi connectivity index (χ3n) is 6.27. The number of aromatic nitrogens is 1. The van der Waals surface area contributed by atoms with Crippen LogP contribution in [0.1, 0.15) is 55.9 Å². The number of carbonyl (C=O) groups is 1. The van der Waals surface area contributed by atoms with E-state index in [1.54, 1.807) is 12.1 Å². The minimum atomic E-state index is -0.714. The Morgan fingerprint density at radius 1 is 1.44 bits per heavy atom. The monoisotopic (exact) mass is 456 g/mol. The first kappa shape index (κ1) is 22.6. The topological polar surface area (TPSA) is 100 Å². The molecule has 0 spiro atoms. The molecule has 1 aliphatic carbocycles. The zero-order valence-corrected chi connectivity index (χ0v) is 18.8. The number of hydrogen-bond acceptors (Lipinski definition) is 6. The van der Waals surface area contributed by atoms with Gasteiger partial charge in [0, 0.05) is 23.2 Å². The number of halogens is 1. The molecule has 0 bridgehead atoms. The zero-order valence-electron chi connectivity index (χ0n) is 18.0. The van der Waals surface area contributed by atoms with Crippen LogP contribution < -0.4 is 16.4 Å². The molecule has 0 radical (unpaired) electrons. The van der Waals surface area contributed by atoms with E-state index in [-0.39, 0.29) is 23.7 Å². The third kappa shape index (κ3) is 5.43. The molecule has 1 amide bonds. The zero-order chi connectivity index (χ0) is 22.7. The number of nitrogen functional groups attached to an aromatic ring is 1. The largest absolute Gasteiger partial charge is 0.387 e. The SMILES string of the molecule is CC(C(=O)NC1=CCC(CC2CC[C@H]([C@H](O)c3cccc(F)c3)N2)C=C1)c1csc(N)n1. The van der Waals surface area contributed by atoms with Crippen LogP contribution in [0.3, 0.4) is 0 Å². The maximum atomic E-state index is 13.5. The smallest absolute Gasteiger partial charge is 0.233 e. The van der Waals surface area contributed by atoms with Crippen LogP contribution in [0.5, 0.6) is 0 Å². The lowest BCUT2D eigenvalue weighted by Crippen LogP contribution is -2.35. The normalized spacial score (nSPS) is 24.7. The number of amides is 1. The number of aliphatic hydroxyl groups excluding tert-OH is 1. The predicted octanol–water partition coefficient (Wildman–Crippen LogP) is 3.79. The van der Waals surface area contributed by atoms with Crippen molar-refractivity contribution in [3.8, 4) is 0 Å². The van der Waals surface area contributed by atoms with E-state index >= 15 is 0 Å². The van der Waals surface area contributed by atoms with Crippen LogP contribution in [-0.2, 0) is 4.79 Å². The van der Waals surface area contributed by atoms with Crippen LogP contribution in [0.4, 0.5) is 9.52 Å². The summed E-state index contributed by atoms with van der Waals surface area (Å²) in [5, 5.41) is 19.4. The number of nitrogens with zero attached hydrogens (tertiary/aromatic N) is 1. The van der Waals surface area contributed by atoms with Crippen molar-refractivity contribution in [1.82, 2.24) is 15.6 Å². The van der Waals surface area contributed by atoms with Crippen molar-refractivity contribution in [3.63, 3.8) is 0 Å². The molecule has 1 fully saturated rings. The van der Waals surface area contributed by atoms with Gasteiger partial charge >= 0.3 is 0 Å². The van der Waals surface area contributed by atoms with Gasteiger partial charge in [-0.25, -0.2) is 9.37 Å². The van der Waals surface area contributed by atoms with Crippen LogP contribution in [0.25, 0.3) is 0 Å². The van der Waals surface area contributed by atoms with Gasteiger partial charge in [0.2, 0.25) is 5.91 Å². The molecule has 6 nitrogen and oxygen atoms in total. The fraction of sp³-hybridized carbons (Fsp3) is 0.417. The van der Waals surface area contributed by atoms with Crippen molar-refractivity contribution >= 4 is 22.4 Å². The van der Waals surface area contributed by atoms with E-state index in [0.29, 0.717) is 28.3 Å². The van der Waals surface area contributed by atoms with Gasteiger partial charge < -0.3 is 21.5 Å². The van der Waals surface area contributed by atoms with E-state index in [9.17, 15) is 14.3 Å². The van der Waals surface area contributed by atoms with Gasteiger partial charge in [0.05, 0.1) is 17.7 Å². The van der Waals surface area contributed by atoms with Crippen LogP contribution in [0.2, 0.25) is 0 Å². The molecule has 0 saturated carbocycles. The summed E-state index contributed by atoms with van der Waals surface area (Å²) in [5.74, 6) is -0.423. The summed E-state index contributed by atoms with van der Waals surface area (Å²) in [6, 6.07) is 6.41. The maximum Gasteiger partial charge on any atom is 0.233 e. The number of aliphatic hydroxyl groups is 1. The molecule has 2 aromatic rings. The average Bonchev–Trinajstić information content (AvgIpc) is 3.43. The van der Waals surface area contributed by atoms with Gasteiger partial charge in [-0.3, -0.25) is 4.79 Å². The molecule has 1 saturated heterocycles. The summed E-state index contributed by atoms with van der Waals surface area (Å²) in [7, 11) is 0. The Morgan fingerprint density at radius 2 is 2.28 bits per heavy atom. The summed E-state index contributed by atoms with van der Waals surface area (Å²) in [6.07, 6.45) is 9.07. The molecule has 32 heavy (non-hydrogen) atoms. The van der Waals surface area contributed by atoms with Crippen molar-refractivity contribution in [1.29, 1.82) is 0 Å². The summed E-state index contributed by atoms with van der Waals surface area (Å²) in [4.78, 5) is 16.7. The molecule has 5 atom stereocenters. The highest BCUT2D eigenvalue weighted by Gasteiger charge is 2.31. The fourth-order valence-corrected chi connectivity index (χ4v) is 5.05. The molecule has 1 aromatic heterocycles. The number of carbonyl (C=O) groups excluding carboxylic acids is 1. The molecule has 4 rings (SSSR count). The highest BCUT2D eigenvalue weighted by molar-refractivity contribution is 7.13. The molecule has 1 aromatic carbocycles. The van der Waals surface area contributed by atoms with E-state index in [4.69, 9.17) is 5.73 Å². The molecule has 3 unspecified atom stereocenters. The van der Waals surface area contributed by atoms with Crippen LogP contribution in [-0.4, -0.2) is 28.1 Å². The highest BCUT2D eigenvalue weighted by Crippen LogP contribution is 2.30. The average molecular weight is 457 g/mol. The molecule has 170 valence electrons. The number of anilines is 1. The van der Waals surface area contributed by atoms with E-state index in [1.165, 1.54) is 23.5 Å². The van der Waals surface area contributed by atoms with Gasteiger partial charge in [0.25, 0.3) is 0 Å². The van der Waals surface area contributed by atoms with Gasteiger partial charge in [0.15, 0.2) is 5.13 Å². The number of allylic oxidation sites excluding steroid dienone is 3. The van der Waals surface area contributed by atoms with Crippen molar-refractivity contribution < 1.29 is 14.3 Å². The second-order valence-corrected chi connectivity index (χ2v) is 9.51. The molecule has 2 heterocycles. The minimum Gasteiger partial charge on any atom is -0.387 e. The number of benzene rings is 1. The van der Waals surface area contributed by atoms with Crippen molar-refractivity contribution in [2.75, 3.05) is 5.73 Å². The third-order valence-corrected chi connectivity index (χ3v) is 6.96. The van der Waals surface area contributed by atoms with Gasteiger partial charge in [-0.1, -0.05) is 24.3 Å². The summed E-state index contributed by atoms with van der Waals surface area (Å²) in [6.45, 7) is 1.82. The second-order valence-electron chi connectivity index (χ2n) is 8.62. The number of thiazole rings is 1. The van der Waals surface area contributed by atoms with Crippen LogP contribution in [0, 0.1) is 11.7 Å². The summed E-state index contributed by atoms with van der Waals surface area (Å²) < 4.78 is 13.5. The Kier molecular flexibility index (Phi) is 7.03. The first-order chi connectivity index (χ1) is 15.4. The molecule has 8 heteroatoms. The lowest BCUT2D eigenvalue weighted by Gasteiger charge is -2.23. The lowest BCUT2D eigenvalue weighted by atomic mass is 9.91. The Labute approximate surface area is 191 Å². The second kappa shape index (κ2) is 9.94.